The second-order valence-corrected chi connectivity index (χ2v) is 17.2. The molecule has 3 aliphatic carbocycles. The Balaban J connectivity index is 0.00000133. The topological polar surface area (TPSA) is 181 Å². The van der Waals surface area contributed by atoms with Crippen molar-refractivity contribution >= 4 is 39.9 Å². The summed E-state index contributed by atoms with van der Waals surface area (Å²) >= 11 is 0. The molecule has 4 heterocycles. The minimum atomic E-state index is -4.36. The molecular weight excluding hydrogens is 691 g/mol. The molecule has 5 fully saturated rings. The van der Waals surface area contributed by atoms with Crippen molar-refractivity contribution in [3.8, 4) is 0 Å². The van der Waals surface area contributed by atoms with Crippen LogP contribution in [0.15, 0.2) is 36.4 Å². The summed E-state index contributed by atoms with van der Waals surface area (Å²) < 4.78 is 40.9. The molecule has 1 aromatic rings. The highest BCUT2D eigenvalue weighted by Gasteiger charge is 2.62. The Hall–Kier alpha value is -4.14. The van der Waals surface area contributed by atoms with Crippen molar-refractivity contribution in [1.82, 2.24) is 25.2 Å². The van der Waals surface area contributed by atoms with Crippen LogP contribution in [0.3, 0.4) is 0 Å². The van der Waals surface area contributed by atoms with Gasteiger partial charge >= 0.3 is 12.2 Å². The lowest BCUT2D eigenvalue weighted by molar-refractivity contribution is -0.153. The van der Waals surface area contributed by atoms with E-state index in [1.165, 1.54) is 24.2 Å². The summed E-state index contributed by atoms with van der Waals surface area (Å²) in [7, 11) is -4.36. The number of benzene rings is 1. The summed E-state index contributed by atoms with van der Waals surface area (Å²) in [5.74, 6) is -2.76. The van der Waals surface area contributed by atoms with Gasteiger partial charge in [-0.15, -0.1) is 0 Å². The van der Waals surface area contributed by atoms with Gasteiger partial charge in [0.05, 0.1) is 11.8 Å². The second kappa shape index (κ2) is 15.1. The van der Waals surface area contributed by atoms with Crippen molar-refractivity contribution in [2.24, 2.45) is 5.92 Å². The maximum absolute atomic E-state index is 14.5. The number of allylic oxidation sites excluding steroid dienone is 1. The fourth-order valence-electron chi connectivity index (χ4n) is 7.92. The van der Waals surface area contributed by atoms with Crippen molar-refractivity contribution in [3.05, 3.63) is 47.5 Å². The van der Waals surface area contributed by atoms with Gasteiger partial charge in [0, 0.05) is 32.0 Å². The van der Waals surface area contributed by atoms with Crippen LogP contribution in [0, 0.1) is 5.92 Å². The molecule has 14 nitrogen and oxygen atoms in total. The third-order valence-electron chi connectivity index (χ3n) is 11.2. The highest BCUT2D eigenvalue weighted by molar-refractivity contribution is 7.90. The van der Waals surface area contributed by atoms with E-state index in [-0.39, 0.29) is 44.2 Å². The number of hydrogen-bond donors (Lipinski definition) is 3. The first-order valence-corrected chi connectivity index (χ1v) is 20.4. The van der Waals surface area contributed by atoms with Crippen LogP contribution in [-0.2, 0) is 46.8 Å². The van der Waals surface area contributed by atoms with E-state index in [1.54, 1.807) is 0 Å². The molecule has 7 aliphatic rings. The summed E-state index contributed by atoms with van der Waals surface area (Å²) in [5, 5.41) is 4.51. The van der Waals surface area contributed by atoms with E-state index in [9.17, 15) is 32.4 Å². The molecule has 0 spiro atoms. The molecule has 7 unspecified atom stereocenters. The Labute approximate surface area is 304 Å². The van der Waals surface area contributed by atoms with E-state index in [0.717, 1.165) is 35.3 Å². The van der Waals surface area contributed by atoms with E-state index in [2.05, 4.69) is 21.4 Å². The molecule has 4 bridgehead atoms. The predicted octanol–water partition coefficient (Wildman–Crippen LogP) is 3.19. The van der Waals surface area contributed by atoms with Crippen molar-refractivity contribution in [2.45, 2.75) is 132 Å². The van der Waals surface area contributed by atoms with Crippen LogP contribution >= 0.6 is 0 Å². The lowest BCUT2D eigenvalue weighted by Gasteiger charge is -2.37. The maximum Gasteiger partial charge on any atom is 0.410 e. The molecule has 5 amide bonds. The lowest BCUT2D eigenvalue weighted by Crippen LogP contribution is -2.68. The number of hydrogen-bond acceptors (Lipinski definition) is 9. The van der Waals surface area contributed by atoms with Gasteiger partial charge in [-0.25, -0.2) is 18.0 Å². The van der Waals surface area contributed by atoms with Crippen LogP contribution in [0.25, 0.3) is 0 Å². The molecule has 2 saturated heterocycles. The Morgan fingerprint density at radius 1 is 0.904 bits per heavy atom. The standard InChI is InChI=1S/C34H43N5O9S.C3H6/c40-29-27-11-5-3-1-2-4-9-22-16-28(22)35-30(41)34(31(42)37-49(45,46)26-13-12-24(17-26)47-32(43)36-27)18-25(20-39(29)34)48-33(44)38-15-14-21-8-6-7-10-23(21)19-38;1-2-3-1/h4,6-10,22,24-28H,1-3,5,11-20H2,(H,35,41)(H,36,43)(H,37,42);1-3H2. The molecule has 3 saturated carbocycles. The van der Waals surface area contributed by atoms with Crippen molar-refractivity contribution < 1.29 is 41.9 Å². The van der Waals surface area contributed by atoms with Gasteiger partial charge in [0.15, 0.2) is 0 Å². The van der Waals surface area contributed by atoms with Crippen LogP contribution in [0.4, 0.5) is 9.59 Å². The smallest absolute Gasteiger partial charge is 0.410 e. The van der Waals surface area contributed by atoms with Gasteiger partial charge in [-0.05, 0) is 62.0 Å². The van der Waals surface area contributed by atoms with Crippen molar-refractivity contribution in [2.75, 3.05) is 13.1 Å². The highest BCUT2D eigenvalue weighted by Crippen LogP contribution is 2.38. The summed E-state index contributed by atoms with van der Waals surface area (Å²) in [6.45, 7) is 0.341. The number of fused-ring (bicyclic) bond motifs is 5. The number of carbonyl (C=O) groups is 5. The summed E-state index contributed by atoms with van der Waals surface area (Å²) in [6, 6.07) is 6.28. The van der Waals surface area contributed by atoms with Crippen LogP contribution in [0.2, 0.25) is 0 Å². The minimum Gasteiger partial charge on any atom is -0.446 e. The third kappa shape index (κ3) is 7.93. The summed E-state index contributed by atoms with van der Waals surface area (Å²) in [4.78, 5) is 72.7. The van der Waals surface area contributed by atoms with Crippen LogP contribution in [0.1, 0.15) is 94.6 Å². The SMILES string of the molecule is C1CC1.O=C1NC2CCCCCC=CC3CC3NC(=O)C3(CC(OC(=O)N4CCc5ccccc5C4)CN3C2=O)C(=O)NS(=O)(=O)C2CCC(C2)O1. The van der Waals surface area contributed by atoms with Gasteiger partial charge in [0.2, 0.25) is 21.5 Å². The number of ether oxygens (including phenoxy) is 2. The Kier molecular flexibility index (Phi) is 10.5. The summed E-state index contributed by atoms with van der Waals surface area (Å²) in [5.41, 5.74) is -0.273. The first-order valence-electron chi connectivity index (χ1n) is 18.9. The molecule has 1 aromatic carbocycles. The van der Waals surface area contributed by atoms with Gasteiger partial charge in [0.1, 0.15) is 18.2 Å². The fraction of sp³-hybridized carbons (Fsp3) is 0.649. The van der Waals surface area contributed by atoms with Gasteiger partial charge in [0.25, 0.3) is 11.8 Å². The zero-order chi connectivity index (χ0) is 36.5. The Morgan fingerprint density at radius 3 is 2.46 bits per heavy atom. The lowest BCUT2D eigenvalue weighted by atomic mass is 9.92. The number of nitrogens with zero attached hydrogens (tertiary/aromatic N) is 2. The minimum absolute atomic E-state index is 0.0349. The Morgan fingerprint density at radius 2 is 1.67 bits per heavy atom. The van der Waals surface area contributed by atoms with Gasteiger partial charge in [-0.3, -0.25) is 19.1 Å². The molecule has 4 aliphatic heterocycles. The number of alkyl carbamates (subject to hydrolysis) is 1. The highest BCUT2D eigenvalue weighted by atomic mass is 32.2. The van der Waals surface area contributed by atoms with E-state index in [1.807, 2.05) is 30.3 Å². The number of sulfonamides is 1. The summed E-state index contributed by atoms with van der Waals surface area (Å²) in [6.07, 6.45) is 9.57. The van der Waals surface area contributed by atoms with Crippen molar-refractivity contribution in [1.29, 1.82) is 0 Å². The maximum atomic E-state index is 14.5. The monoisotopic (exact) mass is 739 g/mol. The number of carbonyl (C=O) groups excluding carboxylic acids is 5. The molecule has 0 aromatic heterocycles. The quantitative estimate of drug-likeness (QED) is 0.288. The largest absolute Gasteiger partial charge is 0.446 e. The average molecular weight is 740 g/mol. The number of rotatable bonds is 1. The van der Waals surface area contributed by atoms with Crippen LogP contribution < -0.4 is 15.4 Å². The predicted molar refractivity (Wildman–Crippen MR) is 188 cm³/mol. The zero-order valence-corrected chi connectivity index (χ0v) is 30.2. The zero-order valence-electron chi connectivity index (χ0n) is 29.4. The van der Waals surface area contributed by atoms with E-state index >= 15 is 0 Å². The first kappa shape index (κ1) is 36.2. The Bertz CT molecular complexity index is 1710. The molecule has 8 rings (SSSR count). The first-order chi connectivity index (χ1) is 25.0. The molecule has 282 valence electrons. The molecule has 15 heteroatoms. The molecular formula is C37H49N5O9S. The van der Waals surface area contributed by atoms with Crippen LogP contribution in [-0.4, -0.2) is 96.3 Å². The number of amides is 5. The van der Waals surface area contributed by atoms with Crippen molar-refractivity contribution in [3.63, 3.8) is 0 Å². The fourth-order valence-corrected chi connectivity index (χ4v) is 9.43. The third-order valence-corrected chi connectivity index (χ3v) is 13.0. The van der Waals surface area contributed by atoms with Gasteiger partial charge in [-0.2, -0.15) is 0 Å². The number of nitrogens with one attached hydrogen (secondary N) is 3. The normalized spacial score (nSPS) is 33.9. The van der Waals surface area contributed by atoms with Gasteiger partial charge in [-0.1, -0.05) is 68.5 Å². The molecule has 3 N–H and O–H groups in total. The van der Waals surface area contributed by atoms with E-state index in [4.69, 9.17) is 9.47 Å². The van der Waals surface area contributed by atoms with Gasteiger partial charge < -0.3 is 29.9 Å². The van der Waals surface area contributed by atoms with Crippen LogP contribution in [0.5, 0.6) is 0 Å². The molecule has 0 radical (unpaired) electrons. The molecule has 7 atom stereocenters. The van der Waals surface area contributed by atoms with E-state index in [0.29, 0.717) is 32.4 Å². The average Bonchev–Trinajstić information content (AvgIpc) is 4.05. The second-order valence-electron chi connectivity index (χ2n) is 15.2. The molecule has 52 heavy (non-hydrogen) atoms. The van der Waals surface area contributed by atoms with E-state index < -0.39 is 75.4 Å².